The first-order valence-corrected chi connectivity index (χ1v) is 8.15. The Hall–Kier alpha value is 0. The van der Waals surface area contributed by atoms with E-state index in [0.717, 1.165) is 11.8 Å². The van der Waals surface area contributed by atoms with Gasteiger partial charge in [0.05, 0.1) is 0 Å². The van der Waals surface area contributed by atoms with Crippen molar-refractivity contribution < 1.29 is 0 Å². The van der Waals surface area contributed by atoms with Gasteiger partial charge < -0.3 is 0 Å². The Kier molecular flexibility index (Phi) is 18.2. The van der Waals surface area contributed by atoms with Crippen molar-refractivity contribution in [3.63, 3.8) is 0 Å². The standard InChI is InChI=1S/C9H18.2C4H10/c1-3-9-6-4-8(2)5-7-9;2*1-3-4-2/h8-9H,3-7H2,1-2H3;2*3-4H2,1-2H3. The topological polar surface area (TPSA) is 0 Å². The molecule has 0 amide bonds. The van der Waals surface area contributed by atoms with Crippen LogP contribution < -0.4 is 0 Å². The molecule has 0 nitrogen and oxygen atoms in total. The smallest absolute Gasteiger partial charge is 0.0417 e. The van der Waals surface area contributed by atoms with Gasteiger partial charge in [0.25, 0.3) is 0 Å². The molecule has 0 aromatic rings. The van der Waals surface area contributed by atoms with Crippen LogP contribution in [-0.4, -0.2) is 0 Å². The van der Waals surface area contributed by atoms with Crippen molar-refractivity contribution in [1.82, 2.24) is 0 Å². The van der Waals surface area contributed by atoms with Crippen LogP contribution in [0, 0.1) is 11.8 Å². The van der Waals surface area contributed by atoms with Gasteiger partial charge in [-0.1, -0.05) is 99.3 Å². The summed E-state index contributed by atoms with van der Waals surface area (Å²) in [5, 5.41) is 0. The first-order valence-electron chi connectivity index (χ1n) is 8.15. The third-order valence-corrected chi connectivity index (χ3v) is 3.71. The van der Waals surface area contributed by atoms with Gasteiger partial charge >= 0.3 is 0 Å². The van der Waals surface area contributed by atoms with E-state index < -0.39 is 0 Å². The molecule has 0 aromatic heterocycles. The fraction of sp³-hybridized carbons (Fsp3) is 1.00. The molecule has 106 valence electrons. The molecule has 0 atom stereocenters. The molecule has 0 aromatic carbocycles. The summed E-state index contributed by atoms with van der Waals surface area (Å²) in [6, 6.07) is 0. The summed E-state index contributed by atoms with van der Waals surface area (Å²) in [7, 11) is 0. The Morgan fingerprint density at radius 2 is 1.00 bits per heavy atom. The molecule has 1 aliphatic carbocycles. The highest BCUT2D eigenvalue weighted by molar-refractivity contribution is 4.68. The average molecular weight is 242 g/mol. The minimum absolute atomic E-state index is 1.02. The zero-order valence-corrected chi connectivity index (χ0v) is 13.5. The summed E-state index contributed by atoms with van der Waals surface area (Å²) < 4.78 is 0. The molecule has 0 saturated heterocycles. The van der Waals surface area contributed by atoms with E-state index in [1.165, 1.54) is 57.8 Å². The van der Waals surface area contributed by atoms with Gasteiger partial charge in [-0.3, -0.25) is 0 Å². The fourth-order valence-electron chi connectivity index (χ4n) is 1.74. The number of hydrogen-bond donors (Lipinski definition) is 0. The maximum absolute atomic E-state index is 2.38. The zero-order valence-electron chi connectivity index (χ0n) is 13.5. The van der Waals surface area contributed by atoms with E-state index in [0.29, 0.717) is 0 Å². The summed E-state index contributed by atoms with van der Waals surface area (Å²) in [4.78, 5) is 0. The first kappa shape index (κ1) is 19.3. The van der Waals surface area contributed by atoms with Crippen LogP contribution in [0.15, 0.2) is 0 Å². The lowest BCUT2D eigenvalue weighted by Crippen LogP contribution is -2.10. The Labute approximate surface area is 112 Å². The third kappa shape index (κ3) is 16.0. The second-order valence-corrected chi connectivity index (χ2v) is 5.53. The van der Waals surface area contributed by atoms with Crippen molar-refractivity contribution in [2.75, 3.05) is 0 Å². The van der Waals surface area contributed by atoms with Crippen LogP contribution >= 0.6 is 0 Å². The van der Waals surface area contributed by atoms with Gasteiger partial charge in [0.1, 0.15) is 0 Å². The molecule has 0 heterocycles. The quantitative estimate of drug-likeness (QED) is 0.508. The molecular weight excluding hydrogens is 204 g/mol. The Morgan fingerprint density at radius 1 is 0.647 bits per heavy atom. The molecule has 1 fully saturated rings. The van der Waals surface area contributed by atoms with E-state index in [9.17, 15) is 0 Å². The summed E-state index contributed by atoms with van der Waals surface area (Å²) in [6.45, 7) is 13.4. The highest BCUT2D eigenvalue weighted by Gasteiger charge is 2.15. The van der Waals surface area contributed by atoms with E-state index in [1.54, 1.807) is 0 Å². The lowest BCUT2D eigenvalue weighted by molar-refractivity contribution is 0.284. The summed E-state index contributed by atoms with van der Waals surface area (Å²) >= 11 is 0. The Morgan fingerprint density at radius 3 is 1.24 bits per heavy atom. The van der Waals surface area contributed by atoms with Gasteiger partial charge in [0.15, 0.2) is 0 Å². The Balaban J connectivity index is 0. The summed E-state index contributed by atoms with van der Waals surface area (Å²) in [5.74, 6) is 2.09. The van der Waals surface area contributed by atoms with Crippen molar-refractivity contribution in [1.29, 1.82) is 0 Å². The van der Waals surface area contributed by atoms with E-state index in [2.05, 4.69) is 41.5 Å². The molecule has 0 unspecified atom stereocenters. The van der Waals surface area contributed by atoms with Crippen molar-refractivity contribution >= 4 is 0 Å². The van der Waals surface area contributed by atoms with Crippen LogP contribution in [0.1, 0.15) is 99.3 Å². The van der Waals surface area contributed by atoms with Crippen LogP contribution in [0.25, 0.3) is 0 Å². The molecule has 0 bridgehead atoms. The maximum atomic E-state index is 2.38. The maximum Gasteiger partial charge on any atom is -0.0417 e. The van der Waals surface area contributed by atoms with Gasteiger partial charge in [0.2, 0.25) is 0 Å². The van der Waals surface area contributed by atoms with Crippen molar-refractivity contribution in [2.24, 2.45) is 11.8 Å². The summed E-state index contributed by atoms with van der Waals surface area (Å²) in [5.41, 5.74) is 0. The fourth-order valence-corrected chi connectivity index (χ4v) is 1.74. The Bertz CT molecular complexity index is 101. The highest BCUT2D eigenvalue weighted by Crippen LogP contribution is 2.29. The zero-order chi connectivity index (χ0) is 13.5. The molecule has 0 heteroatoms. The normalized spacial score (nSPS) is 22.9. The molecule has 1 aliphatic rings. The average Bonchev–Trinajstić information content (AvgIpc) is 2.40. The molecule has 0 spiro atoms. The minimum Gasteiger partial charge on any atom is -0.0654 e. The molecule has 0 radical (unpaired) electrons. The molecule has 0 aliphatic heterocycles. The monoisotopic (exact) mass is 242 g/mol. The first-order chi connectivity index (χ1) is 8.15. The van der Waals surface area contributed by atoms with Gasteiger partial charge in [-0.25, -0.2) is 0 Å². The predicted molar refractivity (Wildman–Crippen MR) is 82.6 cm³/mol. The van der Waals surface area contributed by atoms with Gasteiger partial charge in [-0.2, -0.15) is 0 Å². The highest BCUT2D eigenvalue weighted by atomic mass is 14.2. The molecular formula is C17H38. The molecule has 1 saturated carbocycles. The lowest BCUT2D eigenvalue weighted by atomic mass is 9.82. The van der Waals surface area contributed by atoms with Gasteiger partial charge in [-0.05, 0) is 11.8 Å². The lowest BCUT2D eigenvalue weighted by Gasteiger charge is -2.24. The van der Waals surface area contributed by atoms with Crippen molar-refractivity contribution in [3.8, 4) is 0 Å². The molecule has 1 rings (SSSR count). The largest absolute Gasteiger partial charge is 0.0654 e. The van der Waals surface area contributed by atoms with Crippen LogP contribution in [0.5, 0.6) is 0 Å². The molecule has 17 heavy (non-hydrogen) atoms. The van der Waals surface area contributed by atoms with Gasteiger partial charge in [0, 0.05) is 0 Å². The predicted octanol–water partition coefficient (Wildman–Crippen LogP) is 6.84. The SMILES string of the molecule is CCC1CCC(C)CC1.CCCC.CCCC. The van der Waals surface area contributed by atoms with Crippen LogP contribution in [-0.2, 0) is 0 Å². The van der Waals surface area contributed by atoms with E-state index in [1.807, 2.05) is 0 Å². The second-order valence-electron chi connectivity index (χ2n) is 5.53. The van der Waals surface area contributed by atoms with E-state index in [4.69, 9.17) is 0 Å². The van der Waals surface area contributed by atoms with Gasteiger partial charge in [-0.15, -0.1) is 0 Å². The third-order valence-electron chi connectivity index (χ3n) is 3.71. The number of rotatable bonds is 3. The minimum atomic E-state index is 1.02. The van der Waals surface area contributed by atoms with Crippen molar-refractivity contribution in [3.05, 3.63) is 0 Å². The molecule has 0 N–H and O–H groups in total. The number of hydrogen-bond acceptors (Lipinski definition) is 0. The van der Waals surface area contributed by atoms with Crippen molar-refractivity contribution in [2.45, 2.75) is 99.3 Å². The van der Waals surface area contributed by atoms with Crippen LogP contribution in [0.2, 0.25) is 0 Å². The van der Waals surface area contributed by atoms with Crippen LogP contribution in [0.4, 0.5) is 0 Å². The van der Waals surface area contributed by atoms with E-state index >= 15 is 0 Å². The van der Waals surface area contributed by atoms with E-state index in [-0.39, 0.29) is 0 Å². The second kappa shape index (κ2) is 16.0. The summed E-state index contributed by atoms with van der Waals surface area (Å²) in [6.07, 6.45) is 12.7. The van der Waals surface area contributed by atoms with Crippen LogP contribution in [0.3, 0.4) is 0 Å². The number of unbranched alkanes of at least 4 members (excludes halogenated alkanes) is 2.